The second-order valence-corrected chi connectivity index (χ2v) is 4.51. The molecule has 0 fully saturated rings. The molecule has 104 valence electrons. The largest absolute Gasteiger partial charge is 0.508 e. The first-order valence-corrected chi connectivity index (χ1v) is 6.23. The number of H-pyrrole nitrogens is 1. The van der Waals surface area contributed by atoms with Gasteiger partial charge in [0.2, 0.25) is 0 Å². The van der Waals surface area contributed by atoms with Crippen molar-refractivity contribution in [1.82, 2.24) is 9.97 Å². The second-order valence-electron chi connectivity index (χ2n) is 4.51. The Bertz CT molecular complexity index is 835. The maximum absolute atomic E-state index is 10.7. The molecule has 6 nitrogen and oxygen atoms in total. The van der Waals surface area contributed by atoms with E-state index in [1.165, 1.54) is 12.1 Å². The number of aromatic hydroxyl groups is 1. The van der Waals surface area contributed by atoms with Crippen LogP contribution in [0.1, 0.15) is 11.4 Å². The zero-order chi connectivity index (χ0) is 14.8. The van der Waals surface area contributed by atoms with Crippen molar-refractivity contribution in [2.24, 2.45) is 0 Å². The third-order valence-corrected chi connectivity index (χ3v) is 3.02. The van der Waals surface area contributed by atoms with Gasteiger partial charge in [0.15, 0.2) is 0 Å². The minimum Gasteiger partial charge on any atom is -0.508 e. The maximum atomic E-state index is 10.7. The zero-order valence-electron chi connectivity index (χ0n) is 10.9. The van der Waals surface area contributed by atoms with Gasteiger partial charge in [-0.15, -0.1) is 0 Å². The highest BCUT2D eigenvalue weighted by Gasteiger charge is 2.08. The molecule has 0 unspecified atom stereocenters. The van der Waals surface area contributed by atoms with Crippen LogP contribution in [0.25, 0.3) is 23.2 Å². The molecule has 6 heteroatoms. The molecule has 0 spiro atoms. The van der Waals surface area contributed by atoms with E-state index in [9.17, 15) is 15.2 Å². The lowest BCUT2D eigenvalue weighted by molar-refractivity contribution is -0.384. The number of rotatable bonds is 3. The minimum absolute atomic E-state index is 0.0280. The smallest absolute Gasteiger partial charge is 0.271 e. The molecule has 0 saturated heterocycles. The van der Waals surface area contributed by atoms with Crippen molar-refractivity contribution < 1.29 is 10.0 Å². The van der Waals surface area contributed by atoms with Crippen LogP contribution in [0.3, 0.4) is 0 Å². The lowest BCUT2D eigenvalue weighted by Gasteiger charge is -1.93. The number of phenolic OH excluding ortho intramolecular Hbond substituents is 1. The standard InChI is InChI=1S/C15H11N3O3/c19-12-5-1-10(2-6-12)3-8-15-16-13-7-4-11(18(20)21)9-14(13)17-15/h1-9,19H,(H,16,17)/b8-3+. The van der Waals surface area contributed by atoms with Crippen LogP contribution >= 0.6 is 0 Å². The molecule has 1 aromatic heterocycles. The van der Waals surface area contributed by atoms with E-state index in [1.807, 2.05) is 6.08 Å². The molecule has 0 aliphatic heterocycles. The van der Waals surface area contributed by atoms with Gasteiger partial charge in [0.1, 0.15) is 11.6 Å². The zero-order valence-corrected chi connectivity index (χ0v) is 10.9. The first kappa shape index (κ1) is 12.9. The number of aromatic amines is 1. The van der Waals surface area contributed by atoms with Crippen molar-refractivity contribution in [2.75, 3.05) is 0 Å². The van der Waals surface area contributed by atoms with Crippen LogP contribution in [-0.4, -0.2) is 20.0 Å². The normalized spacial score (nSPS) is 11.2. The molecule has 0 amide bonds. The van der Waals surface area contributed by atoms with Gasteiger partial charge in [-0.1, -0.05) is 18.2 Å². The Morgan fingerprint density at radius 1 is 1.14 bits per heavy atom. The van der Waals surface area contributed by atoms with Crippen LogP contribution in [0.4, 0.5) is 5.69 Å². The van der Waals surface area contributed by atoms with Crippen molar-refractivity contribution in [3.63, 3.8) is 0 Å². The van der Waals surface area contributed by atoms with Gasteiger partial charge in [-0.05, 0) is 29.8 Å². The van der Waals surface area contributed by atoms with Gasteiger partial charge in [-0.2, -0.15) is 0 Å². The van der Waals surface area contributed by atoms with Gasteiger partial charge in [-0.3, -0.25) is 10.1 Å². The number of fused-ring (bicyclic) bond motifs is 1. The average Bonchev–Trinajstić information content (AvgIpc) is 2.88. The second kappa shape index (κ2) is 5.09. The Labute approximate surface area is 119 Å². The number of aromatic nitrogens is 2. The van der Waals surface area contributed by atoms with E-state index in [2.05, 4.69) is 9.97 Å². The molecule has 2 N–H and O–H groups in total. The molecule has 3 rings (SSSR count). The molecule has 0 saturated carbocycles. The summed E-state index contributed by atoms with van der Waals surface area (Å²) in [5.41, 5.74) is 2.24. The molecule has 1 heterocycles. The van der Waals surface area contributed by atoms with Crippen LogP contribution in [0.2, 0.25) is 0 Å². The number of phenols is 1. The van der Waals surface area contributed by atoms with E-state index in [1.54, 1.807) is 36.4 Å². The summed E-state index contributed by atoms with van der Waals surface area (Å²) in [6, 6.07) is 11.3. The molecule has 0 radical (unpaired) electrons. The molecular formula is C15H11N3O3. The number of nitrogens with one attached hydrogen (secondary N) is 1. The molecule has 21 heavy (non-hydrogen) atoms. The number of non-ortho nitro benzene ring substituents is 1. The predicted molar refractivity (Wildman–Crippen MR) is 79.8 cm³/mol. The highest BCUT2D eigenvalue weighted by molar-refractivity contribution is 5.80. The summed E-state index contributed by atoms with van der Waals surface area (Å²) in [7, 11) is 0. The first-order valence-electron chi connectivity index (χ1n) is 6.23. The number of nitro groups is 1. The Balaban J connectivity index is 1.90. The summed E-state index contributed by atoms with van der Waals surface area (Å²) in [6.07, 6.45) is 3.61. The summed E-state index contributed by atoms with van der Waals surface area (Å²) in [6.45, 7) is 0. The fourth-order valence-electron chi connectivity index (χ4n) is 1.97. The maximum Gasteiger partial charge on any atom is 0.271 e. The molecule has 3 aromatic rings. The van der Waals surface area contributed by atoms with E-state index in [0.717, 1.165) is 5.56 Å². The summed E-state index contributed by atoms with van der Waals surface area (Å²) < 4.78 is 0. The Morgan fingerprint density at radius 2 is 1.90 bits per heavy atom. The molecule has 0 aliphatic carbocycles. The Morgan fingerprint density at radius 3 is 2.62 bits per heavy atom. The van der Waals surface area contributed by atoms with E-state index < -0.39 is 4.92 Å². The number of nitro benzene ring substituents is 1. The SMILES string of the molecule is O=[N+]([O-])c1ccc2nc(/C=C/c3ccc(O)cc3)[nH]c2c1. The molecule has 0 bridgehead atoms. The summed E-state index contributed by atoms with van der Waals surface area (Å²) in [4.78, 5) is 17.6. The number of hydrogen-bond donors (Lipinski definition) is 2. The van der Waals surface area contributed by atoms with E-state index >= 15 is 0 Å². The number of benzene rings is 2. The molecular weight excluding hydrogens is 270 g/mol. The fourth-order valence-corrected chi connectivity index (χ4v) is 1.97. The Hall–Kier alpha value is -3.15. The van der Waals surface area contributed by atoms with Gasteiger partial charge in [0.05, 0.1) is 16.0 Å². The number of nitrogens with zero attached hydrogens (tertiary/aromatic N) is 2. The fraction of sp³-hybridized carbons (Fsp3) is 0. The van der Waals surface area contributed by atoms with E-state index in [0.29, 0.717) is 16.9 Å². The predicted octanol–water partition coefficient (Wildman–Crippen LogP) is 3.35. The molecule has 0 atom stereocenters. The summed E-state index contributed by atoms with van der Waals surface area (Å²) >= 11 is 0. The monoisotopic (exact) mass is 281 g/mol. The third kappa shape index (κ3) is 2.74. The van der Waals surface area contributed by atoms with Crippen LogP contribution < -0.4 is 0 Å². The molecule has 0 aliphatic rings. The minimum atomic E-state index is -0.438. The van der Waals surface area contributed by atoms with Gasteiger partial charge < -0.3 is 10.1 Å². The topological polar surface area (TPSA) is 92.1 Å². The van der Waals surface area contributed by atoms with Crippen molar-refractivity contribution in [3.8, 4) is 5.75 Å². The van der Waals surface area contributed by atoms with E-state index in [4.69, 9.17) is 0 Å². The van der Waals surface area contributed by atoms with Crippen LogP contribution in [0.15, 0.2) is 42.5 Å². The van der Waals surface area contributed by atoms with Crippen molar-refractivity contribution in [1.29, 1.82) is 0 Å². The van der Waals surface area contributed by atoms with Crippen molar-refractivity contribution in [2.45, 2.75) is 0 Å². The summed E-state index contributed by atoms with van der Waals surface area (Å²) in [5.74, 6) is 0.821. The van der Waals surface area contributed by atoms with Gasteiger partial charge in [0.25, 0.3) is 5.69 Å². The highest BCUT2D eigenvalue weighted by atomic mass is 16.6. The molecule has 2 aromatic carbocycles. The number of hydrogen-bond acceptors (Lipinski definition) is 4. The van der Waals surface area contributed by atoms with Gasteiger partial charge in [-0.25, -0.2) is 4.98 Å². The van der Waals surface area contributed by atoms with Gasteiger partial charge in [0, 0.05) is 12.1 Å². The van der Waals surface area contributed by atoms with Crippen molar-refractivity contribution in [3.05, 3.63) is 64.0 Å². The van der Waals surface area contributed by atoms with Crippen LogP contribution in [-0.2, 0) is 0 Å². The lowest BCUT2D eigenvalue weighted by atomic mass is 10.2. The average molecular weight is 281 g/mol. The lowest BCUT2D eigenvalue weighted by Crippen LogP contribution is -1.86. The number of imidazole rings is 1. The van der Waals surface area contributed by atoms with E-state index in [-0.39, 0.29) is 11.4 Å². The van der Waals surface area contributed by atoms with Crippen molar-refractivity contribution >= 4 is 28.9 Å². The Kier molecular flexibility index (Phi) is 3.12. The van der Waals surface area contributed by atoms with Gasteiger partial charge >= 0.3 is 0 Å². The highest BCUT2D eigenvalue weighted by Crippen LogP contribution is 2.20. The van der Waals surface area contributed by atoms with Crippen LogP contribution in [0.5, 0.6) is 5.75 Å². The third-order valence-electron chi connectivity index (χ3n) is 3.02. The quantitative estimate of drug-likeness (QED) is 0.568. The summed E-state index contributed by atoms with van der Waals surface area (Å²) in [5, 5.41) is 19.9. The van der Waals surface area contributed by atoms with Crippen LogP contribution in [0, 0.1) is 10.1 Å². The first-order chi connectivity index (χ1) is 10.1.